The molecule has 22 heavy (non-hydrogen) atoms. The van der Waals surface area contributed by atoms with E-state index >= 15 is 0 Å². The Bertz CT molecular complexity index is 523. The van der Waals surface area contributed by atoms with Crippen molar-refractivity contribution in [2.45, 2.75) is 52.4 Å². The lowest BCUT2D eigenvalue weighted by molar-refractivity contribution is -0.126. The van der Waals surface area contributed by atoms with E-state index in [-0.39, 0.29) is 24.2 Å². The van der Waals surface area contributed by atoms with Crippen LogP contribution in [0.1, 0.15) is 33.3 Å². The van der Waals surface area contributed by atoms with Gasteiger partial charge in [-0.05, 0) is 44.9 Å². The summed E-state index contributed by atoms with van der Waals surface area (Å²) in [5, 5.41) is 2.96. The van der Waals surface area contributed by atoms with Gasteiger partial charge in [-0.1, -0.05) is 13.0 Å². The fourth-order valence-corrected chi connectivity index (χ4v) is 2.94. The van der Waals surface area contributed by atoms with Crippen LogP contribution in [0.3, 0.4) is 0 Å². The lowest BCUT2D eigenvalue weighted by Gasteiger charge is -2.38. The molecular formula is C17H27N3O2. The number of nitrogens with zero attached hydrogens (tertiary/aromatic N) is 1. The first-order chi connectivity index (χ1) is 10.4. The van der Waals surface area contributed by atoms with Gasteiger partial charge in [-0.15, -0.1) is 0 Å². The second-order valence-electron chi connectivity index (χ2n) is 6.14. The van der Waals surface area contributed by atoms with Crippen molar-refractivity contribution in [1.29, 1.82) is 0 Å². The van der Waals surface area contributed by atoms with Crippen molar-refractivity contribution in [3.8, 4) is 0 Å². The second kappa shape index (κ2) is 7.11. The summed E-state index contributed by atoms with van der Waals surface area (Å²) >= 11 is 0. The molecule has 0 bridgehead atoms. The second-order valence-corrected chi connectivity index (χ2v) is 6.14. The normalized spacial score (nSPS) is 24.0. The molecule has 1 aliphatic rings. The van der Waals surface area contributed by atoms with Crippen molar-refractivity contribution >= 4 is 17.3 Å². The molecule has 0 spiro atoms. The number of nitrogens with two attached hydrogens (primary N) is 1. The Kier molecular flexibility index (Phi) is 5.42. The number of morpholine rings is 1. The van der Waals surface area contributed by atoms with Crippen LogP contribution < -0.4 is 11.1 Å². The average Bonchev–Trinajstić information content (AvgIpc) is 2.45. The van der Waals surface area contributed by atoms with E-state index in [2.05, 4.69) is 17.1 Å². The molecule has 0 radical (unpaired) electrons. The number of benzene rings is 1. The fourth-order valence-electron chi connectivity index (χ4n) is 2.94. The Morgan fingerprint density at radius 2 is 2.05 bits per heavy atom. The molecule has 3 N–H and O–H groups in total. The summed E-state index contributed by atoms with van der Waals surface area (Å²) in [6.07, 6.45) is 1.19. The summed E-state index contributed by atoms with van der Waals surface area (Å²) in [4.78, 5) is 14.6. The van der Waals surface area contributed by atoms with Gasteiger partial charge in [-0.2, -0.15) is 0 Å². The number of anilines is 2. The topological polar surface area (TPSA) is 67.6 Å². The lowest BCUT2D eigenvalue weighted by atomic mass is 10.1. The molecule has 5 nitrogen and oxygen atoms in total. The average molecular weight is 305 g/mol. The Hall–Kier alpha value is -1.59. The molecule has 1 aliphatic heterocycles. The Balaban J connectivity index is 2.00. The van der Waals surface area contributed by atoms with Crippen LogP contribution in [0.25, 0.3) is 0 Å². The van der Waals surface area contributed by atoms with Gasteiger partial charge < -0.3 is 15.8 Å². The molecule has 3 unspecified atom stereocenters. The monoisotopic (exact) mass is 305 g/mol. The minimum absolute atomic E-state index is 0.00931. The smallest absolute Gasteiger partial charge is 0.241 e. The largest absolute Gasteiger partial charge is 0.398 e. The van der Waals surface area contributed by atoms with Crippen LogP contribution in [0.15, 0.2) is 18.2 Å². The van der Waals surface area contributed by atoms with Crippen molar-refractivity contribution in [2.24, 2.45) is 0 Å². The van der Waals surface area contributed by atoms with E-state index in [1.165, 1.54) is 0 Å². The summed E-state index contributed by atoms with van der Waals surface area (Å²) in [5.74, 6) is -0.00931. The quantitative estimate of drug-likeness (QED) is 0.837. The van der Waals surface area contributed by atoms with Crippen molar-refractivity contribution in [1.82, 2.24) is 4.90 Å². The SMILES string of the molecule is CCc1ccc(NC(=O)C(C)N2CC(C)OC(C)C2)cc1N. The maximum Gasteiger partial charge on any atom is 0.241 e. The molecule has 1 fully saturated rings. The Morgan fingerprint density at radius 3 is 2.59 bits per heavy atom. The minimum atomic E-state index is -0.194. The van der Waals surface area contributed by atoms with Crippen LogP contribution in [-0.4, -0.2) is 42.1 Å². The van der Waals surface area contributed by atoms with Crippen LogP contribution in [0.4, 0.5) is 11.4 Å². The van der Waals surface area contributed by atoms with Gasteiger partial charge in [-0.3, -0.25) is 9.69 Å². The van der Waals surface area contributed by atoms with Crippen molar-refractivity contribution in [3.63, 3.8) is 0 Å². The molecule has 1 aromatic carbocycles. The van der Waals surface area contributed by atoms with Crippen LogP contribution >= 0.6 is 0 Å². The third-order valence-corrected chi connectivity index (χ3v) is 4.17. The third-order valence-electron chi connectivity index (χ3n) is 4.17. The highest BCUT2D eigenvalue weighted by molar-refractivity contribution is 5.95. The maximum absolute atomic E-state index is 12.5. The van der Waals surface area contributed by atoms with Crippen LogP contribution in [0, 0.1) is 0 Å². The first-order valence-corrected chi connectivity index (χ1v) is 7.99. The van der Waals surface area contributed by atoms with Crippen LogP contribution in [0.2, 0.25) is 0 Å². The van der Waals surface area contributed by atoms with Gasteiger partial charge in [0.05, 0.1) is 18.2 Å². The predicted molar refractivity (Wildman–Crippen MR) is 89.9 cm³/mol. The third kappa shape index (κ3) is 3.99. The summed E-state index contributed by atoms with van der Waals surface area (Å²) in [5.41, 5.74) is 8.56. The standard InChI is InChI=1S/C17H27N3O2/c1-5-14-6-7-15(8-16(14)18)19-17(21)13(4)20-9-11(2)22-12(3)10-20/h6-8,11-13H,5,9-10,18H2,1-4H3,(H,19,21). The molecule has 0 aliphatic carbocycles. The van der Waals surface area contributed by atoms with Gasteiger partial charge >= 0.3 is 0 Å². The Labute approximate surface area is 132 Å². The highest BCUT2D eigenvalue weighted by Crippen LogP contribution is 2.20. The van der Waals surface area contributed by atoms with E-state index in [0.29, 0.717) is 0 Å². The van der Waals surface area contributed by atoms with E-state index in [4.69, 9.17) is 10.5 Å². The highest BCUT2D eigenvalue weighted by atomic mass is 16.5. The predicted octanol–water partition coefficient (Wildman–Crippen LogP) is 2.27. The fraction of sp³-hybridized carbons (Fsp3) is 0.588. The van der Waals surface area contributed by atoms with E-state index in [0.717, 1.165) is 36.4 Å². The van der Waals surface area contributed by atoms with Gasteiger partial charge in [-0.25, -0.2) is 0 Å². The number of aryl methyl sites for hydroxylation is 1. The number of nitrogens with one attached hydrogen (secondary N) is 1. The lowest BCUT2D eigenvalue weighted by Crippen LogP contribution is -2.52. The number of amides is 1. The van der Waals surface area contributed by atoms with Crippen LogP contribution in [-0.2, 0) is 16.0 Å². The van der Waals surface area contributed by atoms with Gasteiger partial charge in [0, 0.05) is 24.5 Å². The molecule has 1 heterocycles. The minimum Gasteiger partial charge on any atom is -0.398 e. The number of carbonyl (C=O) groups is 1. The van der Waals surface area contributed by atoms with Crippen molar-refractivity contribution < 1.29 is 9.53 Å². The van der Waals surface area contributed by atoms with E-state index in [9.17, 15) is 4.79 Å². The molecule has 122 valence electrons. The van der Waals surface area contributed by atoms with Crippen molar-refractivity contribution in [2.75, 3.05) is 24.1 Å². The number of carbonyl (C=O) groups excluding carboxylic acids is 1. The number of hydrogen-bond acceptors (Lipinski definition) is 4. The first kappa shape index (κ1) is 16.8. The molecular weight excluding hydrogens is 278 g/mol. The zero-order valence-corrected chi connectivity index (χ0v) is 13.9. The maximum atomic E-state index is 12.5. The number of ether oxygens (including phenoxy) is 1. The molecule has 1 amide bonds. The summed E-state index contributed by atoms with van der Waals surface area (Å²) in [7, 11) is 0. The Morgan fingerprint density at radius 1 is 1.41 bits per heavy atom. The van der Waals surface area contributed by atoms with Crippen LogP contribution in [0.5, 0.6) is 0 Å². The zero-order chi connectivity index (χ0) is 16.3. The van der Waals surface area contributed by atoms with Crippen molar-refractivity contribution in [3.05, 3.63) is 23.8 Å². The number of hydrogen-bond donors (Lipinski definition) is 2. The molecule has 3 atom stereocenters. The molecule has 0 aromatic heterocycles. The van der Waals surface area contributed by atoms with Gasteiger partial charge in [0.25, 0.3) is 0 Å². The summed E-state index contributed by atoms with van der Waals surface area (Å²) in [6, 6.07) is 5.51. The molecule has 5 heteroatoms. The highest BCUT2D eigenvalue weighted by Gasteiger charge is 2.29. The molecule has 2 rings (SSSR count). The summed E-state index contributed by atoms with van der Waals surface area (Å²) < 4.78 is 5.72. The van der Waals surface area contributed by atoms with Gasteiger partial charge in [0.15, 0.2) is 0 Å². The number of nitrogen functional groups attached to an aromatic ring is 1. The van der Waals surface area contributed by atoms with E-state index < -0.39 is 0 Å². The summed E-state index contributed by atoms with van der Waals surface area (Å²) in [6.45, 7) is 9.62. The van der Waals surface area contributed by atoms with E-state index in [1.54, 1.807) is 0 Å². The molecule has 1 aromatic rings. The van der Waals surface area contributed by atoms with E-state index in [1.807, 2.05) is 39.0 Å². The molecule has 1 saturated heterocycles. The van der Waals surface area contributed by atoms with Gasteiger partial charge in [0.2, 0.25) is 5.91 Å². The number of rotatable bonds is 4. The first-order valence-electron chi connectivity index (χ1n) is 7.99. The van der Waals surface area contributed by atoms with Gasteiger partial charge in [0.1, 0.15) is 0 Å². The zero-order valence-electron chi connectivity index (χ0n) is 13.9. The molecule has 0 saturated carbocycles.